The normalized spacial score (nSPS) is 30.0. The molecule has 10 atom stereocenters. The smallest absolute Gasteiger partial charge is 0.303 e. The highest BCUT2D eigenvalue weighted by atomic mass is 16.8. The van der Waals surface area contributed by atoms with Crippen LogP contribution in [0.15, 0.2) is 0 Å². The summed E-state index contributed by atoms with van der Waals surface area (Å²) in [4.78, 5) is 96.5. The summed E-state index contributed by atoms with van der Waals surface area (Å²) in [7, 11) is 0. The highest BCUT2D eigenvalue weighted by molar-refractivity contribution is 5.73. The average molecular weight is 678 g/mol. The lowest BCUT2D eigenvalue weighted by molar-refractivity contribution is -0.345. The van der Waals surface area contributed by atoms with Gasteiger partial charge in [-0.15, -0.1) is 0 Å². The number of ether oxygens (including phenoxy) is 10. The van der Waals surface area contributed by atoms with Gasteiger partial charge in [-0.25, -0.2) is 0 Å². The first-order valence-electron chi connectivity index (χ1n) is 14.3. The second-order valence-corrected chi connectivity index (χ2v) is 10.4. The number of hydrogen-bond acceptors (Lipinski definition) is 18. The summed E-state index contributed by atoms with van der Waals surface area (Å²) >= 11 is 0. The third-order valence-corrected chi connectivity index (χ3v) is 6.27. The molecule has 19 heteroatoms. The van der Waals surface area contributed by atoms with Crippen molar-refractivity contribution in [2.75, 3.05) is 13.2 Å². The van der Waals surface area contributed by atoms with E-state index >= 15 is 0 Å². The van der Waals surface area contributed by atoms with Crippen molar-refractivity contribution in [3.63, 3.8) is 0 Å². The monoisotopic (exact) mass is 677 g/mol. The predicted octanol–water partition coefficient (Wildman–Crippen LogP) is -1.26. The van der Waals surface area contributed by atoms with E-state index in [4.69, 9.17) is 47.4 Å². The summed E-state index contributed by atoms with van der Waals surface area (Å²) in [6.07, 6.45) is -15.7. The van der Waals surface area contributed by atoms with Gasteiger partial charge in [-0.2, -0.15) is 0 Å². The molecule has 2 rings (SSSR count). The SMILES string of the molecule is CC(=O)N[C@@H]1O[C@H](COC(C)=O)[C@@H](O[C@@H]2O[C@H](COC(C)=O)[C@@H](OC(C)=O)[C@H](OC(C)=O)[C@H]2OC(C)=O)[C@H](OC(C)=O)[C@H]1OC(C)=O. The van der Waals surface area contributed by atoms with Crippen LogP contribution < -0.4 is 5.32 Å². The van der Waals surface area contributed by atoms with Crippen LogP contribution in [0.1, 0.15) is 55.4 Å². The molecule has 0 aliphatic carbocycles. The van der Waals surface area contributed by atoms with Crippen LogP contribution in [0.2, 0.25) is 0 Å². The molecular formula is C28H39NO18. The number of hydrogen-bond donors (Lipinski definition) is 1. The predicted molar refractivity (Wildman–Crippen MR) is 147 cm³/mol. The fourth-order valence-electron chi connectivity index (χ4n) is 4.83. The lowest BCUT2D eigenvalue weighted by Gasteiger charge is -2.48. The zero-order chi connectivity index (χ0) is 35.6. The van der Waals surface area contributed by atoms with E-state index in [1.54, 1.807) is 0 Å². The van der Waals surface area contributed by atoms with Crippen molar-refractivity contribution in [1.29, 1.82) is 0 Å². The molecule has 0 unspecified atom stereocenters. The van der Waals surface area contributed by atoms with Gasteiger partial charge in [-0.1, -0.05) is 0 Å². The largest absolute Gasteiger partial charge is 0.463 e. The van der Waals surface area contributed by atoms with Gasteiger partial charge in [0.25, 0.3) is 0 Å². The minimum atomic E-state index is -1.81. The Morgan fingerprint density at radius 2 is 0.851 bits per heavy atom. The van der Waals surface area contributed by atoms with Crippen molar-refractivity contribution in [3.05, 3.63) is 0 Å². The van der Waals surface area contributed by atoms with Crippen LogP contribution in [0.3, 0.4) is 0 Å². The number of esters is 7. The number of amides is 1. The molecule has 0 radical (unpaired) electrons. The first-order chi connectivity index (χ1) is 21.9. The molecular weight excluding hydrogens is 638 g/mol. The van der Waals surface area contributed by atoms with Crippen molar-refractivity contribution in [3.8, 4) is 0 Å². The maximum absolute atomic E-state index is 12.3. The van der Waals surface area contributed by atoms with Crippen molar-refractivity contribution in [2.24, 2.45) is 0 Å². The standard InChI is InChI=1S/C28H39NO18/c1-11(30)29-27-25(43-17(7)36)23(41-15(5)34)22(19(45-27)9-38-12(2)31)47-28-26(44-18(8)37)24(42-16(6)35)21(40-14(4)33)20(46-28)10-39-13(3)32/h19-28H,9-10H2,1-8H3,(H,29,30)/t19-,20-,21-,22-,23+,24+,25-,26-,27-,28+/m1/s1. The molecule has 2 fully saturated rings. The molecule has 264 valence electrons. The molecule has 2 heterocycles. The van der Waals surface area contributed by atoms with Gasteiger partial charge in [-0.3, -0.25) is 38.4 Å². The van der Waals surface area contributed by atoms with Crippen LogP contribution in [0, 0.1) is 0 Å². The summed E-state index contributed by atoms with van der Waals surface area (Å²) in [5.74, 6) is -6.65. The number of nitrogens with one attached hydrogen (secondary N) is 1. The van der Waals surface area contributed by atoms with Crippen LogP contribution >= 0.6 is 0 Å². The number of carbonyl (C=O) groups excluding carboxylic acids is 8. The average Bonchev–Trinajstić information content (AvgIpc) is 2.91. The second kappa shape index (κ2) is 17.5. The molecule has 19 nitrogen and oxygen atoms in total. The molecule has 0 saturated carbocycles. The third-order valence-electron chi connectivity index (χ3n) is 6.27. The van der Waals surface area contributed by atoms with Gasteiger partial charge in [-0.05, 0) is 0 Å². The molecule has 2 aliphatic rings. The van der Waals surface area contributed by atoms with Gasteiger partial charge in [0.05, 0.1) is 0 Å². The van der Waals surface area contributed by atoms with E-state index in [2.05, 4.69) is 5.32 Å². The lowest BCUT2D eigenvalue weighted by Crippen LogP contribution is -2.68. The lowest BCUT2D eigenvalue weighted by atomic mass is 9.95. The topological polar surface area (TPSA) is 241 Å². The summed E-state index contributed by atoms with van der Waals surface area (Å²) in [5.41, 5.74) is 0. The zero-order valence-corrected chi connectivity index (χ0v) is 27.0. The molecule has 0 aromatic carbocycles. The third kappa shape index (κ3) is 12.1. The highest BCUT2D eigenvalue weighted by Gasteiger charge is 2.57. The Hall–Kier alpha value is -4.36. The highest BCUT2D eigenvalue weighted by Crippen LogP contribution is 2.35. The van der Waals surface area contributed by atoms with E-state index < -0.39 is 122 Å². The molecule has 2 aliphatic heterocycles. The van der Waals surface area contributed by atoms with Crippen LogP contribution in [0.25, 0.3) is 0 Å². The van der Waals surface area contributed by atoms with E-state index in [0.29, 0.717) is 0 Å². The molecule has 2 saturated heterocycles. The number of rotatable bonds is 12. The van der Waals surface area contributed by atoms with Crippen molar-refractivity contribution in [2.45, 2.75) is 117 Å². The molecule has 0 spiro atoms. The number of carbonyl (C=O) groups is 8. The van der Waals surface area contributed by atoms with Gasteiger partial charge in [0.1, 0.15) is 31.5 Å². The Kier molecular flexibility index (Phi) is 14.5. The van der Waals surface area contributed by atoms with E-state index in [9.17, 15) is 38.4 Å². The summed E-state index contributed by atoms with van der Waals surface area (Å²) in [6.45, 7) is 7.30. The molecule has 0 bridgehead atoms. The molecule has 1 amide bonds. The summed E-state index contributed by atoms with van der Waals surface area (Å²) in [5, 5.41) is 2.42. The summed E-state index contributed by atoms with van der Waals surface area (Å²) in [6, 6.07) is 0. The minimum Gasteiger partial charge on any atom is -0.463 e. The van der Waals surface area contributed by atoms with Crippen molar-refractivity contribution < 1.29 is 85.7 Å². The van der Waals surface area contributed by atoms with Crippen LogP contribution in [0.4, 0.5) is 0 Å². The van der Waals surface area contributed by atoms with E-state index in [1.807, 2.05) is 0 Å². The Labute approximate surface area is 269 Å². The Balaban J connectivity index is 2.73. The van der Waals surface area contributed by atoms with Crippen LogP contribution in [-0.2, 0) is 85.7 Å². The van der Waals surface area contributed by atoms with E-state index in [-0.39, 0.29) is 0 Å². The Bertz CT molecular complexity index is 1200. The van der Waals surface area contributed by atoms with Gasteiger partial charge in [0.15, 0.2) is 43.0 Å². The second-order valence-electron chi connectivity index (χ2n) is 10.4. The van der Waals surface area contributed by atoms with Crippen molar-refractivity contribution in [1.82, 2.24) is 5.32 Å². The zero-order valence-electron chi connectivity index (χ0n) is 27.0. The van der Waals surface area contributed by atoms with Gasteiger partial charge < -0.3 is 52.7 Å². The molecule has 47 heavy (non-hydrogen) atoms. The van der Waals surface area contributed by atoms with E-state index in [0.717, 1.165) is 55.4 Å². The van der Waals surface area contributed by atoms with Crippen molar-refractivity contribution >= 4 is 47.7 Å². The fraction of sp³-hybridized carbons (Fsp3) is 0.714. The van der Waals surface area contributed by atoms with Gasteiger partial charge in [0, 0.05) is 55.4 Å². The van der Waals surface area contributed by atoms with Gasteiger partial charge >= 0.3 is 41.8 Å². The van der Waals surface area contributed by atoms with Crippen LogP contribution in [-0.4, -0.2) is 122 Å². The Morgan fingerprint density at radius 1 is 0.468 bits per heavy atom. The van der Waals surface area contributed by atoms with Gasteiger partial charge in [0.2, 0.25) is 5.91 Å². The summed E-state index contributed by atoms with van der Waals surface area (Å²) < 4.78 is 55.3. The van der Waals surface area contributed by atoms with E-state index in [1.165, 1.54) is 0 Å². The molecule has 1 N–H and O–H groups in total. The first kappa shape index (κ1) is 38.8. The fourth-order valence-corrected chi connectivity index (χ4v) is 4.83. The maximum Gasteiger partial charge on any atom is 0.303 e. The first-order valence-corrected chi connectivity index (χ1v) is 14.3. The molecule has 0 aromatic heterocycles. The Morgan fingerprint density at radius 3 is 1.28 bits per heavy atom. The molecule has 0 aromatic rings. The quantitative estimate of drug-likeness (QED) is 0.187. The maximum atomic E-state index is 12.3. The minimum absolute atomic E-state index is 0.577. The van der Waals surface area contributed by atoms with Crippen LogP contribution in [0.5, 0.6) is 0 Å².